The standard InChI is InChI=1S/C16H16N4O3/c1-3-10-11(4-2)19-20-12(15(23)18-16(20)17-10)7-9-5-6-13(21)14(22)8-9/h5-8,22-23H,3-4H2,1-2H3/b9-7-. The van der Waals surface area contributed by atoms with Crippen LogP contribution in [0.4, 0.5) is 0 Å². The number of hydrogen-bond donors (Lipinski definition) is 2. The largest absolute Gasteiger partial charge is 0.504 e. The van der Waals surface area contributed by atoms with Crippen LogP contribution >= 0.6 is 0 Å². The lowest BCUT2D eigenvalue weighted by Crippen LogP contribution is -2.07. The van der Waals surface area contributed by atoms with E-state index in [0.717, 1.165) is 24.2 Å². The molecule has 0 bridgehead atoms. The molecule has 0 aromatic carbocycles. The Morgan fingerprint density at radius 3 is 2.52 bits per heavy atom. The maximum Gasteiger partial charge on any atom is 0.254 e. The van der Waals surface area contributed by atoms with Gasteiger partial charge in [-0.1, -0.05) is 19.9 Å². The van der Waals surface area contributed by atoms with Gasteiger partial charge in [0, 0.05) is 0 Å². The minimum atomic E-state index is -0.454. The molecule has 2 aromatic heterocycles. The van der Waals surface area contributed by atoms with Gasteiger partial charge in [-0.15, -0.1) is 0 Å². The number of allylic oxidation sites excluding steroid dienone is 4. The molecule has 1 aliphatic rings. The van der Waals surface area contributed by atoms with E-state index in [1.807, 2.05) is 13.8 Å². The van der Waals surface area contributed by atoms with Crippen LogP contribution in [0.3, 0.4) is 0 Å². The molecule has 0 aliphatic heterocycles. The molecule has 0 atom stereocenters. The summed E-state index contributed by atoms with van der Waals surface area (Å²) in [5, 5.41) is 24.1. The maximum absolute atomic E-state index is 11.3. The second-order valence-corrected chi connectivity index (χ2v) is 5.12. The zero-order valence-electron chi connectivity index (χ0n) is 12.8. The van der Waals surface area contributed by atoms with Crippen molar-refractivity contribution in [2.75, 3.05) is 0 Å². The molecule has 23 heavy (non-hydrogen) atoms. The van der Waals surface area contributed by atoms with Gasteiger partial charge in [0.15, 0.2) is 5.76 Å². The molecular formula is C16H16N4O3. The molecule has 7 heteroatoms. The molecule has 7 nitrogen and oxygen atoms in total. The Bertz CT molecular complexity index is 890. The van der Waals surface area contributed by atoms with Crippen molar-refractivity contribution < 1.29 is 15.0 Å². The molecular weight excluding hydrogens is 296 g/mol. The molecule has 1 aliphatic carbocycles. The van der Waals surface area contributed by atoms with Crippen molar-refractivity contribution in [1.82, 2.24) is 19.6 Å². The Labute approximate surface area is 132 Å². The third kappa shape index (κ3) is 2.61. The fourth-order valence-electron chi connectivity index (χ4n) is 2.40. The first-order valence-electron chi connectivity index (χ1n) is 7.35. The average molecular weight is 312 g/mol. The van der Waals surface area contributed by atoms with Gasteiger partial charge in [0.1, 0.15) is 5.69 Å². The van der Waals surface area contributed by atoms with Crippen molar-refractivity contribution in [2.45, 2.75) is 26.7 Å². The highest BCUT2D eigenvalue weighted by Gasteiger charge is 2.16. The van der Waals surface area contributed by atoms with E-state index in [1.54, 1.807) is 12.2 Å². The lowest BCUT2D eigenvalue weighted by Gasteiger charge is -2.06. The van der Waals surface area contributed by atoms with Crippen molar-refractivity contribution in [3.63, 3.8) is 0 Å². The summed E-state index contributed by atoms with van der Waals surface area (Å²) in [6, 6.07) is 0. The van der Waals surface area contributed by atoms with Crippen LogP contribution in [0.5, 0.6) is 5.88 Å². The lowest BCUT2D eigenvalue weighted by molar-refractivity contribution is -0.113. The lowest BCUT2D eigenvalue weighted by atomic mass is 10.1. The molecule has 0 amide bonds. The number of aromatic hydroxyl groups is 1. The average Bonchev–Trinajstić information content (AvgIpc) is 2.84. The molecule has 2 heterocycles. The fraction of sp³-hybridized carbons (Fsp3) is 0.250. The Morgan fingerprint density at radius 1 is 1.13 bits per heavy atom. The first-order valence-corrected chi connectivity index (χ1v) is 7.35. The van der Waals surface area contributed by atoms with Crippen LogP contribution < -0.4 is 0 Å². The van der Waals surface area contributed by atoms with Crippen LogP contribution in [-0.4, -0.2) is 35.6 Å². The van der Waals surface area contributed by atoms with E-state index in [0.29, 0.717) is 17.0 Å². The summed E-state index contributed by atoms with van der Waals surface area (Å²) in [6.07, 6.45) is 7.19. The molecule has 0 spiro atoms. The van der Waals surface area contributed by atoms with Crippen LogP contribution in [0.2, 0.25) is 0 Å². The number of imidazole rings is 1. The van der Waals surface area contributed by atoms with Gasteiger partial charge in [0.2, 0.25) is 11.7 Å². The van der Waals surface area contributed by atoms with E-state index < -0.39 is 5.78 Å². The third-order valence-corrected chi connectivity index (χ3v) is 3.60. The monoisotopic (exact) mass is 312 g/mol. The van der Waals surface area contributed by atoms with E-state index in [-0.39, 0.29) is 11.6 Å². The number of aromatic nitrogens is 4. The first-order chi connectivity index (χ1) is 11.0. The van der Waals surface area contributed by atoms with Crippen LogP contribution in [0, 0.1) is 0 Å². The maximum atomic E-state index is 11.3. The van der Waals surface area contributed by atoms with E-state index in [9.17, 15) is 15.0 Å². The van der Waals surface area contributed by atoms with Crippen molar-refractivity contribution >= 4 is 17.6 Å². The first kappa shape index (κ1) is 15.0. The number of aryl methyl sites for hydroxylation is 2. The highest BCUT2D eigenvalue weighted by Crippen LogP contribution is 2.23. The summed E-state index contributed by atoms with van der Waals surface area (Å²) in [5.74, 6) is -0.690. The summed E-state index contributed by atoms with van der Waals surface area (Å²) in [6.45, 7) is 3.98. The minimum Gasteiger partial charge on any atom is -0.504 e. The van der Waals surface area contributed by atoms with E-state index in [2.05, 4.69) is 15.1 Å². The van der Waals surface area contributed by atoms with Crippen LogP contribution in [0.1, 0.15) is 30.9 Å². The number of nitrogens with zero attached hydrogens (tertiary/aromatic N) is 4. The van der Waals surface area contributed by atoms with E-state index in [1.165, 1.54) is 16.7 Å². The highest BCUT2D eigenvalue weighted by molar-refractivity contribution is 6.04. The minimum absolute atomic E-state index is 0.203. The number of fused-ring (bicyclic) bond motifs is 1. The van der Waals surface area contributed by atoms with Crippen molar-refractivity contribution in [2.24, 2.45) is 0 Å². The number of aliphatic hydroxyl groups is 1. The van der Waals surface area contributed by atoms with Crippen molar-refractivity contribution in [3.05, 3.63) is 46.6 Å². The van der Waals surface area contributed by atoms with Gasteiger partial charge in [0.05, 0.1) is 11.4 Å². The van der Waals surface area contributed by atoms with Gasteiger partial charge in [-0.3, -0.25) is 4.79 Å². The Morgan fingerprint density at radius 2 is 1.87 bits per heavy atom. The van der Waals surface area contributed by atoms with Gasteiger partial charge in [-0.25, -0.2) is 4.98 Å². The summed E-state index contributed by atoms with van der Waals surface area (Å²) < 4.78 is 1.47. The van der Waals surface area contributed by atoms with Crippen LogP contribution in [-0.2, 0) is 17.6 Å². The van der Waals surface area contributed by atoms with Gasteiger partial charge < -0.3 is 10.2 Å². The molecule has 3 rings (SSSR count). The van der Waals surface area contributed by atoms with Crippen molar-refractivity contribution in [1.29, 1.82) is 0 Å². The molecule has 0 unspecified atom stereocenters. The summed E-state index contributed by atoms with van der Waals surface area (Å²) in [5.41, 5.74) is 2.59. The molecule has 0 fully saturated rings. The molecule has 118 valence electrons. The normalized spacial score (nSPS) is 16.3. The Hall–Kier alpha value is -2.96. The summed E-state index contributed by atoms with van der Waals surface area (Å²) in [7, 11) is 0. The predicted molar refractivity (Wildman–Crippen MR) is 84.0 cm³/mol. The number of aliphatic hydroxyl groups excluding tert-OH is 1. The SMILES string of the molecule is CCc1nc2nc(O)c(/C=C3/C=CC(=O)C(O)=C3)n2nc1CC. The van der Waals surface area contributed by atoms with Gasteiger partial charge in [-0.2, -0.15) is 14.6 Å². The fourth-order valence-corrected chi connectivity index (χ4v) is 2.40. The van der Waals surface area contributed by atoms with Gasteiger partial charge in [-0.05, 0) is 36.6 Å². The van der Waals surface area contributed by atoms with E-state index in [4.69, 9.17) is 0 Å². The third-order valence-electron chi connectivity index (χ3n) is 3.60. The van der Waals surface area contributed by atoms with Gasteiger partial charge in [0.25, 0.3) is 5.78 Å². The Kier molecular flexibility index (Phi) is 3.69. The molecule has 2 aromatic rings. The van der Waals surface area contributed by atoms with Crippen LogP contribution in [0.15, 0.2) is 29.6 Å². The molecule has 0 saturated heterocycles. The second kappa shape index (κ2) is 5.68. The summed E-state index contributed by atoms with van der Waals surface area (Å²) >= 11 is 0. The quantitative estimate of drug-likeness (QED) is 0.898. The highest BCUT2D eigenvalue weighted by atomic mass is 16.3. The number of carbonyl (C=O) groups excluding carboxylic acids is 1. The van der Waals surface area contributed by atoms with Gasteiger partial charge >= 0.3 is 0 Å². The smallest absolute Gasteiger partial charge is 0.254 e. The predicted octanol–water partition coefficient (Wildman–Crippen LogP) is 1.92. The topological polar surface area (TPSA) is 101 Å². The zero-order valence-corrected chi connectivity index (χ0v) is 12.8. The molecule has 0 radical (unpaired) electrons. The van der Waals surface area contributed by atoms with Crippen LogP contribution in [0.25, 0.3) is 11.9 Å². The number of rotatable bonds is 3. The number of hydrogen-bond acceptors (Lipinski definition) is 6. The molecule has 0 saturated carbocycles. The van der Waals surface area contributed by atoms with Crippen molar-refractivity contribution in [3.8, 4) is 5.88 Å². The van der Waals surface area contributed by atoms with E-state index >= 15 is 0 Å². The Balaban J connectivity index is 2.16. The molecule has 2 N–H and O–H groups in total. The number of carbonyl (C=O) groups is 1. The zero-order chi connectivity index (χ0) is 16.6. The number of ketones is 1. The second-order valence-electron chi connectivity index (χ2n) is 5.12. The summed E-state index contributed by atoms with van der Waals surface area (Å²) in [4.78, 5) is 19.7.